The summed E-state index contributed by atoms with van der Waals surface area (Å²) in [7, 11) is 0. The van der Waals surface area contributed by atoms with Gasteiger partial charge in [0.05, 0.1) is 12.0 Å². The van der Waals surface area contributed by atoms with Crippen LogP contribution in [-0.2, 0) is 16.0 Å². The molecule has 2 aliphatic carbocycles. The first kappa shape index (κ1) is 21.6. The van der Waals surface area contributed by atoms with Crippen LogP contribution in [-0.4, -0.2) is 60.4 Å². The molecule has 4 fully saturated rings. The largest absolute Gasteiger partial charge is 0.340 e. The van der Waals surface area contributed by atoms with E-state index in [1.54, 1.807) is 0 Å². The number of piperazine rings is 1. The molecule has 0 spiro atoms. The number of nitrogens with zero attached hydrogens (tertiary/aromatic N) is 2. The van der Waals surface area contributed by atoms with Gasteiger partial charge in [-0.25, -0.2) is 0 Å². The van der Waals surface area contributed by atoms with Crippen molar-refractivity contribution in [2.75, 3.05) is 32.7 Å². The van der Waals surface area contributed by atoms with Gasteiger partial charge in [0.25, 0.3) is 0 Å². The maximum atomic E-state index is 14.0. The van der Waals surface area contributed by atoms with Crippen molar-refractivity contribution in [1.29, 1.82) is 0 Å². The highest BCUT2D eigenvalue weighted by Gasteiger charge is 2.56. The summed E-state index contributed by atoms with van der Waals surface area (Å²) in [5, 5.41) is 3.16. The van der Waals surface area contributed by atoms with Gasteiger partial charge >= 0.3 is 0 Å². The van der Waals surface area contributed by atoms with Crippen molar-refractivity contribution in [3.8, 4) is 0 Å². The molecule has 164 valence electrons. The standard InChI is InChI=1S/C24H33N3O2.ClH/c28-22-16-25-10-12-27(22)21-7-4-11-26(17-21)23(29)24(14-18-5-2-1-3-6-18)15-19-8-9-20(24)13-19;/h1-3,5-6,19-21,25H,4,7-17H2;1H. The number of hydrogen-bond donors (Lipinski definition) is 1. The van der Waals surface area contributed by atoms with Crippen molar-refractivity contribution >= 4 is 24.2 Å². The summed E-state index contributed by atoms with van der Waals surface area (Å²) in [6.45, 7) is 3.64. The molecule has 1 aromatic carbocycles. The van der Waals surface area contributed by atoms with Crippen LogP contribution < -0.4 is 5.32 Å². The molecular weight excluding hydrogens is 398 g/mol. The highest BCUT2D eigenvalue weighted by molar-refractivity contribution is 5.85. The smallest absolute Gasteiger partial charge is 0.236 e. The Morgan fingerprint density at radius 3 is 2.67 bits per heavy atom. The zero-order valence-corrected chi connectivity index (χ0v) is 18.5. The molecule has 1 aromatic rings. The summed E-state index contributed by atoms with van der Waals surface area (Å²) in [6, 6.07) is 10.8. The van der Waals surface area contributed by atoms with Crippen LogP contribution in [0.3, 0.4) is 0 Å². The summed E-state index contributed by atoms with van der Waals surface area (Å²) in [6.07, 6.45) is 7.69. The number of benzene rings is 1. The Morgan fingerprint density at radius 1 is 1.13 bits per heavy atom. The first-order valence-electron chi connectivity index (χ1n) is 11.5. The summed E-state index contributed by atoms with van der Waals surface area (Å²) < 4.78 is 0. The van der Waals surface area contributed by atoms with E-state index in [0.717, 1.165) is 57.8 Å². The van der Waals surface area contributed by atoms with Gasteiger partial charge in [-0.3, -0.25) is 9.59 Å². The van der Waals surface area contributed by atoms with Gasteiger partial charge in [-0.1, -0.05) is 36.8 Å². The third-order valence-corrected chi connectivity index (χ3v) is 8.01. The minimum atomic E-state index is -0.223. The fourth-order valence-corrected chi connectivity index (χ4v) is 6.67. The monoisotopic (exact) mass is 431 g/mol. The molecule has 4 atom stereocenters. The number of fused-ring (bicyclic) bond motifs is 2. The molecule has 1 N–H and O–H groups in total. The van der Waals surface area contributed by atoms with Gasteiger partial charge in [0.15, 0.2) is 0 Å². The average Bonchev–Trinajstić information content (AvgIpc) is 3.36. The number of carbonyl (C=O) groups excluding carboxylic acids is 2. The molecule has 6 heteroatoms. The number of rotatable bonds is 4. The molecule has 4 aliphatic rings. The lowest BCUT2D eigenvalue weighted by molar-refractivity contribution is -0.150. The van der Waals surface area contributed by atoms with Crippen LogP contribution in [0.15, 0.2) is 30.3 Å². The molecule has 2 bridgehead atoms. The van der Waals surface area contributed by atoms with E-state index in [1.807, 2.05) is 4.90 Å². The van der Waals surface area contributed by atoms with Gasteiger partial charge in [-0.2, -0.15) is 0 Å². The first-order valence-corrected chi connectivity index (χ1v) is 11.5. The van der Waals surface area contributed by atoms with Gasteiger partial charge in [0, 0.05) is 32.2 Å². The Labute approximate surface area is 186 Å². The van der Waals surface area contributed by atoms with E-state index >= 15 is 0 Å². The molecule has 2 aliphatic heterocycles. The number of halogens is 1. The lowest BCUT2D eigenvalue weighted by atomic mass is 9.68. The van der Waals surface area contributed by atoms with Crippen molar-refractivity contribution < 1.29 is 9.59 Å². The predicted molar refractivity (Wildman–Crippen MR) is 119 cm³/mol. The van der Waals surface area contributed by atoms with E-state index in [0.29, 0.717) is 18.4 Å². The Hall–Kier alpha value is -1.59. The normalized spacial score (nSPS) is 33.5. The summed E-state index contributed by atoms with van der Waals surface area (Å²) in [5.41, 5.74) is 1.07. The molecule has 5 rings (SSSR count). The van der Waals surface area contributed by atoms with Gasteiger partial charge in [0.1, 0.15) is 0 Å². The zero-order chi connectivity index (χ0) is 19.8. The second-order valence-electron chi connectivity index (χ2n) is 9.71. The molecule has 2 amide bonds. The Balaban J connectivity index is 0.00000218. The van der Waals surface area contributed by atoms with E-state index in [-0.39, 0.29) is 29.8 Å². The SMILES string of the molecule is Cl.O=C1CNCCN1C1CCCN(C(=O)C2(Cc3ccccc3)CC3CCC2C3)C1. The Bertz CT molecular complexity index is 773. The van der Waals surface area contributed by atoms with Gasteiger partial charge in [0.2, 0.25) is 11.8 Å². The molecule has 2 heterocycles. The number of nitrogens with one attached hydrogen (secondary N) is 1. The molecular formula is C24H34ClN3O2. The molecule has 4 unspecified atom stereocenters. The molecule has 2 saturated heterocycles. The second kappa shape index (κ2) is 8.88. The Morgan fingerprint density at radius 2 is 1.97 bits per heavy atom. The van der Waals surface area contributed by atoms with Crippen LogP contribution in [0, 0.1) is 17.3 Å². The summed E-state index contributed by atoms with van der Waals surface area (Å²) in [4.78, 5) is 30.6. The summed E-state index contributed by atoms with van der Waals surface area (Å²) in [5.74, 6) is 1.82. The highest BCUT2D eigenvalue weighted by Crippen LogP contribution is 2.58. The quantitative estimate of drug-likeness (QED) is 0.797. The molecule has 5 nitrogen and oxygen atoms in total. The molecule has 2 saturated carbocycles. The maximum absolute atomic E-state index is 14.0. The van der Waals surface area contributed by atoms with Crippen molar-refractivity contribution in [3.63, 3.8) is 0 Å². The predicted octanol–water partition coefficient (Wildman–Crippen LogP) is 2.88. The fraction of sp³-hybridized carbons (Fsp3) is 0.667. The summed E-state index contributed by atoms with van der Waals surface area (Å²) >= 11 is 0. The number of carbonyl (C=O) groups is 2. The van der Waals surface area contributed by atoms with Crippen molar-refractivity contribution in [1.82, 2.24) is 15.1 Å². The number of amides is 2. The first-order chi connectivity index (χ1) is 14.2. The second-order valence-corrected chi connectivity index (χ2v) is 9.71. The van der Waals surface area contributed by atoms with Crippen molar-refractivity contribution in [2.45, 2.75) is 51.0 Å². The van der Waals surface area contributed by atoms with E-state index in [2.05, 4.69) is 40.5 Å². The van der Waals surface area contributed by atoms with Crippen LogP contribution in [0.5, 0.6) is 0 Å². The lowest BCUT2D eigenvalue weighted by Crippen LogP contribution is -2.59. The van der Waals surface area contributed by atoms with Crippen LogP contribution in [0.2, 0.25) is 0 Å². The Kier molecular flexibility index (Phi) is 6.40. The third kappa shape index (κ3) is 3.87. The van der Waals surface area contributed by atoms with E-state index in [9.17, 15) is 9.59 Å². The lowest BCUT2D eigenvalue weighted by Gasteiger charge is -2.45. The topological polar surface area (TPSA) is 52.7 Å². The van der Waals surface area contributed by atoms with E-state index in [1.165, 1.54) is 24.8 Å². The number of hydrogen-bond acceptors (Lipinski definition) is 3. The number of piperidine rings is 1. The average molecular weight is 432 g/mol. The minimum absolute atomic E-state index is 0. The molecule has 30 heavy (non-hydrogen) atoms. The molecule has 0 radical (unpaired) electrons. The van der Waals surface area contributed by atoms with Crippen LogP contribution in [0.1, 0.15) is 44.1 Å². The van der Waals surface area contributed by atoms with Crippen molar-refractivity contribution in [2.24, 2.45) is 17.3 Å². The van der Waals surface area contributed by atoms with E-state index in [4.69, 9.17) is 0 Å². The van der Waals surface area contributed by atoms with Crippen LogP contribution in [0.25, 0.3) is 0 Å². The third-order valence-electron chi connectivity index (χ3n) is 8.01. The maximum Gasteiger partial charge on any atom is 0.236 e. The number of likely N-dealkylation sites (tertiary alicyclic amines) is 1. The minimum Gasteiger partial charge on any atom is -0.340 e. The van der Waals surface area contributed by atoms with Crippen LogP contribution >= 0.6 is 12.4 Å². The molecule has 0 aromatic heterocycles. The fourth-order valence-electron chi connectivity index (χ4n) is 6.67. The van der Waals surface area contributed by atoms with Gasteiger partial charge in [-0.05, 0) is 55.9 Å². The van der Waals surface area contributed by atoms with Crippen molar-refractivity contribution in [3.05, 3.63) is 35.9 Å². The van der Waals surface area contributed by atoms with Gasteiger partial charge in [-0.15, -0.1) is 12.4 Å². The highest BCUT2D eigenvalue weighted by atomic mass is 35.5. The zero-order valence-electron chi connectivity index (χ0n) is 17.7. The van der Waals surface area contributed by atoms with Gasteiger partial charge < -0.3 is 15.1 Å². The van der Waals surface area contributed by atoms with Crippen LogP contribution in [0.4, 0.5) is 0 Å². The van der Waals surface area contributed by atoms with E-state index < -0.39 is 0 Å².